The zero-order valence-corrected chi connectivity index (χ0v) is 30.7. The van der Waals surface area contributed by atoms with Crippen LogP contribution in [0, 0.1) is 62.1 Å². The molecule has 5 N–H and O–H groups in total. The molecule has 0 radical (unpaired) electrons. The van der Waals surface area contributed by atoms with Crippen molar-refractivity contribution in [3.05, 3.63) is 11.6 Å². The molecule has 0 unspecified atom stereocenters. The molecule has 1 aliphatic heterocycles. The SMILES string of the molecule is CN[C@@](C)(CO[C@H]1[C@H](NN)C[C@@]23COC[C@@]1(C)[C@@H]2CC[C@H]1C3=CC[C@@]2(C)[C@H](C(=O)O)[C@@](C)([C@H](C)C(C)C)CC[C@]12C)C(C)(C)C. The van der Waals surface area contributed by atoms with E-state index in [0.717, 1.165) is 38.5 Å². The van der Waals surface area contributed by atoms with Crippen molar-refractivity contribution in [2.75, 3.05) is 26.9 Å². The molecule has 0 aromatic rings. The van der Waals surface area contributed by atoms with Crippen molar-refractivity contribution in [3.8, 4) is 0 Å². The molecule has 1 saturated heterocycles. The van der Waals surface area contributed by atoms with Gasteiger partial charge in [-0.25, -0.2) is 0 Å². The highest BCUT2D eigenvalue weighted by Gasteiger charge is 2.71. The number of allylic oxidation sites excluding steroid dienone is 1. The minimum absolute atomic E-state index is 0.00491. The maximum absolute atomic E-state index is 13.4. The topological polar surface area (TPSA) is 106 Å². The van der Waals surface area contributed by atoms with Crippen molar-refractivity contribution in [2.24, 2.45) is 67.9 Å². The molecule has 4 fully saturated rings. The molecule has 258 valence electrons. The fourth-order valence-electron chi connectivity index (χ4n) is 12.0. The Balaban J connectivity index is 1.54. The first-order valence-corrected chi connectivity index (χ1v) is 18.0. The fourth-order valence-corrected chi connectivity index (χ4v) is 12.0. The number of carbonyl (C=O) groups is 1. The summed E-state index contributed by atoms with van der Waals surface area (Å²) >= 11 is 0. The molecule has 0 aromatic heterocycles. The molecule has 0 spiro atoms. The van der Waals surface area contributed by atoms with E-state index in [1.165, 1.54) is 0 Å². The Bertz CT molecular complexity index is 1180. The van der Waals surface area contributed by atoms with E-state index in [4.69, 9.17) is 15.3 Å². The average Bonchev–Trinajstić information content (AvgIpc) is 2.95. The highest BCUT2D eigenvalue weighted by Crippen LogP contribution is 2.74. The van der Waals surface area contributed by atoms with Gasteiger partial charge < -0.3 is 19.9 Å². The predicted molar refractivity (Wildman–Crippen MR) is 181 cm³/mol. The number of carboxylic acids is 1. The van der Waals surface area contributed by atoms with Crippen LogP contribution >= 0.6 is 0 Å². The Labute approximate surface area is 274 Å². The molecule has 7 nitrogen and oxygen atoms in total. The Kier molecular flexibility index (Phi) is 8.86. The van der Waals surface area contributed by atoms with Crippen LogP contribution < -0.4 is 16.6 Å². The van der Waals surface area contributed by atoms with Gasteiger partial charge in [0, 0.05) is 22.4 Å². The molecule has 1 heterocycles. The van der Waals surface area contributed by atoms with Crippen LogP contribution in [0.1, 0.15) is 115 Å². The third kappa shape index (κ3) is 4.78. The summed E-state index contributed by atoms with van der Waals surface area (Å²) in [7, 11) is 2.03. The quantitative estimate of drug-likeness (QED) is 0.133. The van der Waals surface area contributed by atoms with Gasteiger partial charge in [0.15, 0.2) is 0 Å². The molecule has 7 heteroatoms. The first-order valence-electron chi connectivity index (χ1n) is 18.0. The van der Waals surface area contributed by atoms with Gasteiger partial charge in [-0.1, -0.05) is 80.9 Å². The standard InChI is InChI=1S/C38H67N3O4/c1-23(2)24(3)33(7)17-18-35(9)25-13-14-28-34(8)20-44-22-38(28,26(25)15-16-36(35,10)29(33)31(42)43)19-27(41-39)30(34)45-21-37(11,40-12)32(4,5)6/h15,23-25,27-30,40-41H,13-14,16-22,39H2,1-12H3,(H,42,43)/t24-,25+,27-,28+,29-,30+,33-,34+,35-,36+,37+,38+/m1/s1. The smallest absolute Gasteiger partial charge is 0.307 e. The second-order valence-corrected chi connectivity index (χ2v) is 18.9. The van der Waals surface area contributed by atoms with E-state index in [9.17, 15) is 9.90 Å². The van der Waals surface area contributed by atoms with E-state index in [2.05, 4.69) is 93.0 Å². The lowest BCUT2D eigenvalue weighted by atomic mass is 9.34. The van der Waals surface area contributed by atoms with E-state index in [1.54, 1.807) is 5.57 Å². The van der Waals surface area contributed by atoms with Gasteiger partial charge in [-0.05, 0) is 97.8 Å². The first-order chi connectivity index (χ1) is 20.7. The van der Waals surface area contributed by atoms with E-state index >= 15 is 0 Å². The molecule has 5 aliphatic rings. The van der Waals surface area contributed by atoms with Crippen molar-refractivity contribution in [1.29, 1.82) is 0 Å². The number of aliphatic carboxylic acids is 1. The highest BCUT2D eigenvalue weighted by molar-refractivity contribution is 5.73. The van der Waals surface area contributed by atoms with Crippen LogP contribution in [0.4, 0.5) is 0 Å². The minimum atomic E-state index is -0.607. The molecular formula is C38H67N3O4. The summed E-state index contributed by atoms with van der Waals surface area (Å²) < 4.78 is 13.6. The number of nitrogens with one attached hydrogen (secondary N) is 2. The normalized spacial score (nSPS) is 46.7. The summed E-state index contributed by atoms with van der Waals surface area (Å²) in [5.74, 6) is 6.99. The van der Waals surface area contributed by atoms with Gasteiger partial charge in [0.2, 0.25) is 0 Å². The lowest BCUT2D eigenvalue weighted by Gasteiger charge is -2.71. The number of ether oxygens (including phenoxy) is 2. The van der Waals surface area contributed by atoms with Crippen LogP contribution in [0.3, 0.4) is 0 Å². The summed E-state index contributed by atoms with van der Waals surface area (Å²) in [4.78, 5) is 13.4. The number of hydrazine groups is 1. The fraction of sp³-hybridized carbons (Fsp3) is 0.921. The van der Waals surface area contributed by atoms with Gasteiger partial charge in [0.25, 0.3) is 0 Å². The number of hydrogen-bond donors (Lipinski definition) is 4. The molecule has 0 aromatic carbocycles. The summed E-state index contributed by atoms with van der Waals surface area (Å²) in [5, 5.41) is 14.5. The van der Waals surface area contributed by atoms with Gasteiger partial charge in [-0.2, -0.15) is 0 Å². The van der Waals surface area contributed by atoms with Gasteiger partial charge in [0.05, 0.1) is 31.8 Å². The van der Waals surface area contributed by atoms with E-state index in [-0.39, 0.29) is 56.1 Å². The van der Waals surface area contributed by atoms with Gasteiger partial charge in [-0.15, -0.1) is 0 Å². The minimum Gasteiger partial charge on any atom is -0.481 e. The summed E-state index contributed by atoms with van der Waals surface area (Å²) in [5.41, 5.74) is 3.66. The lowest BCUT2D eigenvalue weighted by molar-refractivity contribution is -0.247. The third-order valence-corrected chi connectivity index (χ3v) is 16.1. The van der Waals surface area contributed by atoms with Crippen molar-refractivity contribution in [3.63, 3.8) is 0 Å². The zero-order chi connectivity index (χ0) is 33.6. The molecule has 0 amide bonds. The molecule has 5 rings (SSSR count). The number of rotatable bonds is 8. The van der Waals surface area contributed by atoms with Gasteiger partial charge in [0.1, 0.15) is 0 Å². The van der Waals surface area contributed by atoms with E-state index in [1.807, 2.05) is 7.05 Å². The molecule has 45 heavy (non-hydrogen) atoms. The maximum Gasteiger partial charge on any atom is 0.307 e. The number of carboxylic acid groups (broad SMARTS) is 1. The number of nitrogens with two attached hydrogens (primary N) is 1. The molecular weight excluding hydrogens is 562 g/mol. The van der Waals surface area contributed by atoms with Crippen LogP contribution in [0.5, 0.6) is 0 Å². The van der Waals surface area contributed by atoms with Gasteiger partial charge >= 0.3 is 5.97 Å². The number of fused-ring (bicyclic) bond motifs is 3. The van der Waals surface area contributed by atoms with Crippen LogP contribution in [0.15, 0.2) is 11.6 Å². The summed E-state index contributed by atoms with van der Waals surface area (Å²) in [6, 6.07) is 0.00491. The first kappa shape index (κ1) is 35.3. The zero-order valence-electron chi connectivity index (χ0n) is 30.7. The molecule has 3 saturated carbocycles. The number of likely N-dealkylation sites (N-methyl/N-ethyl adjacent to an activating group) is 1. The van der Waals surface area contributed by atoms with Crippen LogP contribution in [0.25, 0.3) is 0 Å². The summed E-state index contributed by atoms with van der Waals surface area (Å²) in [6.45, 7) is 27.3. The van der Waals surface area contributed by atoms with E-state index < -0.39 is 5.97 Å². The Morgan fingerprint density at radius 1 is 1.09 bits per heavy atom. The van der Waals surface area contributed by atoms with Crippen LogP contribution in [-0.2, 0) is 14.3 Å². The highest BCUT2D eigenvalue weighted by atomic mass is 16.5. The monoisotopic (exact) mass is 630 g/mol. The lowest BCUT2D eigenvalue weighted by Crippen LogP contribution is -2.72. The summed E-state index contributed by atoms with van der Waals surface area (Å²) in [6.07, 6.45) is 8.40. The molecule has 4 aliphatic carbocycles. The second-order valence-electron chi connectivity index (χ2n) is 18.9. The largest absolute Gasteiger partial charge is 0.481 e. The van der Waals surface area contributed by atoms with Crippen LogP contribution in [-0.4, -0.2) is 55.6 Å². The van der Waals surface area contributed by atoms with Crippen LogP contribution in [0.2, 0.25) is 0 Å². The van der Waals surface area contributed by atoms with Crippen molar-refractivity contribution < 1.29 is 19.4 Å². The third-order valence-electron chi connectivity index (χ3n) is 16.1. The Morgan fingerprint density at radius 3 is 2.31 bits per heavy atom. The van der Waals surface area contributed by atoms with Crippen molar-refractivity contribution >= 4 is 5.97 Å². The maximum atomic E-state index is 13.4. The van der Waals surface area contributed by atoms with Crippen molar-refractivity contribution in [2.45, 2.75) is 132 Å². The van der Waals surface area contributed by atoms with Gasteiger partial charge in [-0.3, -0.25) is 16.1 Å². The van der Waals surface area contributed by atoms with Crippen molar-refractivity contribution in [1.82, 2.24) is 10.7 Å². The molecule has 12 atom stereocenters. The molecule has 2 bridgehead atoms. The Morgan fingerprint density at radius 2 is 1.76 bits per heavy atom. The van der Waals surface area contributed by atoms with E-state index in [0.29, 0.717) is 43.5 Å². The average molecular weight is 630 g/mol. The Hall–Kier alpha value is -0.990. The second kappa shape index (κ2) is 11.3. The number of hydrogen-bond acceptors (Lipinski definition) is 6. The predicted octanol–water partition coefficient (Wildman–Crippen LogP) is 6.82.